The number of nitrogens with zero attached hydrogens (tertiary/aromatic N) is 4. The molecule has 2 N–H and O–H groups in total. The van der Waals surface area contributed by atoms with E-state index in [4.69, 9.17) is 0 Å². The van der Waals surface area contributed by atoms with Crippen LogP contribution >= 0.6 is 11.3 Å². The fraction of sp³-hybridized carbons (Fsp3) is 0.632. The molecule has 2 aromatic heterocycles. The number of carbonyl (C=O) groups excluding carboxylic acids is 2. The van der Waals surface area contributed by atoms with Gasteiger partial charge in [-0.2, -0.15) is 4.98 Å². The lowest BCUT2D eigenvalue weighted by atomic mass is 9.97. The van der Waals surface area contributed by atoms with E-state index in [1.54, 1.807) is 0 Å². The van der Waals surface area contributed by atoms with Crippen molar-refractivity contribution < 1.29 is 9.59 Å². The van der Waals surface area contributed by atoms with Gasteiger partial charge in [-0.05, 0) is 33.1 Å². The molecular formula is C19H28N6O3S. The molecule has 3 rings (SSSR count). The Morgan fingerprint density at radius 3 is 2.90 bits per heavy atom. The molecule has 2 atom stereocenters. The zero-order valence-electron chi connectivity index (χ0n) is 17.1. The van der Waals surface area contributed by atoms with E-state index in [1.165, 1.54) is 22.2 Å². The van der Waals surface area contributed by atoms with E-state index in [-0.39, 0.29) is 35.9 Å². The Labute approximate surface area is 173 Å². The largest absolute Gasteiger partial charge is 0.356 e. The molecule has 0 bridgehead atoms. The number of aromatic nitrogens is 3. The lowest BCUT2D eigenvalue weighted by Gasteiger charge is -2.31. The quantitative estimate of drug-likeness (QED) is 0.695. The van der Waals surface area contributed by atoms with Crippen LogP contribution in [0.5, 0.6) is 0 Å². The van der Waals surface area contributed by atoms with Gasteiger partial charge in [-0.15, -0.1) is 0 Å². The third-order valence-corrected chi connectivity index (χ3v) is 6.21. The zero-order chi connectivity index (χ0) is 21.0. The fourth-order valence-corrected chi connectivity index (χ4v) is 4.35. The van der Waals surface area contributed by atoms with Crippen LogP contribution in [0.1, 0.15) is 40.0 Å². The molecule has 1 aliphatic heterocycles. The fourth-order valence-electron chi connectivity index (χ4n) is 3.34. The Balaban J connectivity index is 1.78. The smallest absolute Gasteiger partial charge is 0.273 e. The molecule has 1 fully saturated rings. The van der Waals surface area contributed by atoms with Crippen molar-refractivity contribution in [3.8, 4) is 0 Å². The van der Waals surface area contributed by atoms with Gasteiger partial charge in [-0.25, -0.2) is 4.98 Å². The molecule has 158 valence electrons. The second-order valence-electron chi connectivity index (χ2n) is 7.38. The van der Waals surface area contributed by atoms with E-state index >= 15 is 0 Å². The number of piperidine rings is 1. The van der Waals surface area contributed by atoms with E-state index in [9.17, 15) is 14.4 Å². The SMILES string of the molecule is CCNC(=O)[C@@H]1CCCN(c2nc3ncn(CC(=O)N[C@H](C)CC)c(=O)c3s2)C1. The Morgan fingerprint density at radius 1 is 1.38 bits per heavy atom. The Hall–Kier alpha value is -2.49. The van der Waals surface area contributed by atoms with Crippen LogP contribution in [0.25, 0.3) is 10.3 Å². The molecule has 9 nitrogen and oxygen atoms in total. The van der Waals surface area contributed by atoms with Gasteiger partial charge in [0.1, 0.15) is 17.6 Å². The number of anilines is 1. The number of amides is 2. The second kappa shape index (κ2) is 9.34. The van der Waals surface area contributed by atoms with Crippen molar-refractivity contribution in [3.05, 3.63) is 16.7 Å². The van der Waals surface area contributed by atoms with Crippen molar-refractivity contribution in [2.24, 2.45) is 5.92 Å². The van der Waals surface area contributed by atoms with Gasteiger partial charge in [0, 0.05) is 25.7 Å². The maximum atomic E-state index is 12.8. The minimum Gasteiger partial charge on any atom is -0.356 e. The number of hydrogen-bond acceptors (Lipinski definition) is 7. The van der Waals surface area contributed by atoms with Crippen LogP contribution in [-0.2, 0) is 16.1 Å². The summed E-state index contributed by atoms with van der Waals surface area (Å²) in [7, 11) is 0. The summed E-state index contributed by atoms with van der Waals surface area (Å²) in [6.07, 6.45) is 3.94. The lowest BCUT2D eigenvalue weighted by molar-refractivity contribution is -0.125. The molecule has 1 saturated heterocycles. The van der Waals surface area contributed by atoms with Gasteiger partial charge in [-0.3, -0.25) is 19.0 Å². The lowest BCUT2D eigenvalue weighted by Crippen LogP contribution is -2.43. The van der Waals surface area contributed by atoms with E-state index in [2.05, 4.69) is 25.5 Å². The summed E-state index contributed by atoms with van der Waals surface area (Å²) >= 11 is 1.27. The number of fused-ring (bicyclic) bond motifs is 1. The minimum atomic E-state index is -0.268. The highest BCUT2D eigenvalue weighted by molar-refractivity contribution is 7.22. The molecule has 2 amide bonds. The number of rotatable bonds is 7. The molecule has 29 heavy (non-hydrogen) atoms. The number of thiazole rings is 1. The first kappa shape index (κ1) is 21.2. The normalized spacial score (nSPS) is 17.9. The number of carbonyl (C=O) groups is 2. The van der Waals surface area contributed by atoms with Gasteiger partial charge in [0.2, 0.25) is 11.8 Å². The molecule has 1 aliphatic rings. The van der Waals surface area contributed by atoms with E-state index in [1.807, 2.05) is 20.8 Å². The van der Waals surface area contributed by atoms with Crippen molar-refractivity contribution >= 4 is 38.6 Å². The van der Waals surface area contributed by atoms with E-state index < -0.39 is 0 Å². The molecule has 3 heterocycles. The van der Waals surface area contributed by atoms with Gasteiger partial charge >= 0.3 is 0 Å². The monoisotopic (exact) mass is 420 g/mol. The van der Waals surface area contributed by atoms with Crippen molar-refractivity contribution in [2.45, 2.75) is 52.6 Å². The molecule has 0 spiro atoms. The summed E-state index contributed by atoms with van der Waals surface area (Å²) in [6.45, 7) is 7.74. The maximum absolute atomic E-state index is 12.8. The van der Waals surface area contributed by atoms with E-state index in [0.29, 0.717) is 28.6 Å². The first-order chi connectivity index (χ1) is 13.9. The summed E-state index contributed by atoms with van der Waals surface area (Å²) in [5, 5.41) is 6.43. The highest BCUT2D eigenvalue weighted by Crippen LogP contribution is 2.29. The van der Waals surface area contributed by atoms with Crippen molar-refractivity contribution in [1.29, 1.82) is 0 Å². The molecule has 2 aromatic rings. The standard InChI is InChI=1S/C19H28N6O3S/c1-4-12(3)22-14(26)10-25-11-21-16-15(18(25)28)29-19(23-16)24-8-6-7-13(9-24)17(27)20-5-2/h11-13H,4-10H2,1-3H3,(H,20,27)(H,22,26)/t12-,13-/m1/s1. The van der Waals surface area contributed by atoms with Crippen LogP contribution in [0.2, 0.25) is 0 Å². The highest BCUT2D eigenvalue weighted by Gasteiger charge is 2.27. The number of nitrogens with one attached hydrogen (secondary N) is 2. The number of hydrogen-bond donors (Lipinski definition) is 2. The molecule has 0 unspecified atom stereocenters. The summed E-state index contributed by atoms with van der Waals surface area (Å²) in [4.78, 5) is 47.9. The second-order valence-corrected chi connectivity index (χ2v) is 8.36. The third kappa shape index (κ3) is 4.92. The average molecular weight is 421 g/mol. The third-order valence-electron chi connectivity index (χ3n) is 5.12. The summed E-state index contributed by atoms with van der Waals surface area (Å²) in [6, 6.07) is 0.0573. The summed E-state index contributed by atoms with van der Waals surface area (Å²) in [5.41, 5.74) is 0.115. The molecule has 0 aliphatic carbocycles. The minimum absolute atomic E-state index is 0.0573. The van der Waals surface area contributed by atoms with Crippen LogP contribution in [0.4, 0.5) is 5.13 Å². The highest BCUT2D eigenvalue weighted by atomic mass is 32.1. The first-order valence-corrected chi connectivity index (χ1v) is 10.9. The predicted molar refractivity (Wildman–Crippen MR) is 113 cm³/mol. The van der Waals surface area contributed by atoms with Gasteiger partial charge < -0.3 is 15.5 Å². The van der Waals surface area contributed by atoms with Crippen molar-refractivity contribution in [3.63, 3.8) is 0 Å². The topological polar surface area (TPSA) is 109 Å². The summed E-state index contributed by atoms with van der Waals surface area (Å²) < 4.78 is 1.74. The molecular weight excluding hydrogens is 392 g/mol. The van der Waals surface area contributed by atoms with Crippen molar-refractivity contribution in [1.82, 2.24) is 25.2 Å². The molecule has 0 radical (unpaired) electrons. The summed E-state index contributed by atoms with van der Waals surface area (Å²) in [5.74, 6) is -0.233. The molecule has 10 heteroatoms. The molecule has 0 saturated carbocycles. The van der Waals surface area contributed by atoms with Crippen molar-refractivity contribution in [2.75, 3.05) is 24.5 Å². The Kier molecular flexibility index (Phi) is 6.83. The predicted octanol–water partition coefficient (Wildman–Crippen LogP) is 1.12. The van der Waals surface area contributed by atoms with Gasteiger partial charge in [-0.1, -0.05) is 18.3 Å². The zero-order valence-corrected chi connectivity index (χ0v) is 17.9. The average Bonchev–Trinajstić information content (AvgIpc) is 3.15. The Bertz CT molecular complexity index is 940. The van der Waals surface area contributed by atoms with Crippen LogP contribution < -0.4 is 21.1 Å². The Morgan fingerprint density at radius 2 is 2.17 bits per heavy atom. The van der Waals surface area contributed by atoms with Gasteiger partial charge in [0.15, 0.2) is 10.8 Å². The van der Waals surface area contributed by atoms with E-state index in [0.717, 1.165) is 25.8 Å². The first-order valence-electron chi connectivity index (χ1n) is 10.1. The van der Waals surface area contributed by atoms with Gasteiger partial charge in [0.05, 0.1) is 5.92 Å². The van der Waals surface area contributed by atoms with Crippen LogP contribution in [-0.4, -0.2) is 52.0 Å². The van der Waals surface area contributed by atoms with Gasteiger partial charge in [0.25, 0.3) is 5.56 Å². The maximum Gasteiger partial charge on any atom is 0.273 e. The van der Waals surface area contributed by atoms with Crippen LogP contribution in [0.3, 0.4) is 0 Å². The van der Waals surface area contributed by atoms with Crippen LogP contribution in [0.15, 0.2) is 11.1 Å². The molecule has 0 aromatic carbocycles. The van der Waals surface area contributed by atoms with Crippen LogP contribution in [0, 0.1) is 5.92 Å².